The van der Waals surface area contributed by atoms with Gasteiger partial charge in [0.05, 0.1) is 7.11 Å². The van der Waals surface area contributed by atoms with E-state index in [-0.39, 0.29) is 16.6 Å². The summed E-state index contributed by atoms with van der Waals surface area (Å²) in [6, 6.07) is 11.2. The summed E-state index contributed by atoms with van der Waals surface area (Å²) in [5, 5.41) is 11.2. The van der Waals surface area contributed by atoms with Crippen LogP contribution in [0.1, 0.15) is 95.4 Å². The van der Waals surface area contributed by atoms with Crippen LogP contribution in [0.15, 0.2) is 42.2 Å². The Labute approximate surface area is 207 Å². The summed E-state index contributed by atoms with van der Waals surface area (Å²) in [6.45, 7) is 14.9. The normalized spacial score (nSPS) is 18.1. The molecule has 1 aliphatic rings. The summed E-state index contributed by atoms with van der Waals surface area (Å²) < 4.78 is 17.5. The van der Waals surface area contributed by atoms with Crippen molar-refractivity contribution in [2.24, 2.45) is 0 Å². The molecular weight excluding hydrogens is 444 g/mol. The molecule has 0 aliphatic heterocycles. The van der Waals surface area contributed by atoms with Crippen LogP contribution in [0, 0.1) is 0 Å². The summed E-state index contributed by atoms with van der Waals surface area (Å²) in [5.74, 6) is -0.281. The summed E-state index contributed by atoms with van der Waals surface area (Å²) >= 11 is 0. The molecule has 2 atom stereocenters. The molecule has 1 aliphatic carbocycles. The molecule has 2 aromatic carbocycles. The first kappa shape index (κ1) is 26.3. The first-order valence-electron chi connectivity index (χ1n) is 11.8. The number of hydrogen-bond donors (Lipinski definition) is 1. The molecular formula is C29H36O6. The second-order valence-corrected chi connectivity index (χ2v) is 11.0. The van der Waals surface area contributed by atoms with E-state index < -0.39 is 24.1 Å². The van der Waals surface area contributed by atoms with Crippen LogP contribution in [-0.4, -0.2) is 24.2 Å². The quantitative estimate of drug-likeness (QED) is 0.520. The predicted molar refractivity (Wildman–Crippen MR) is 135 cm³/mol. The highest BCUT2D eigenvalue weighted by molar-refractivity contribution is 5.81. The first-order chi connectivity index (χ1) is 16.2. The molecule has 6 nitrogen and oxygen atoms in total. The van der Waals surface area contributed by atoms with Crippen LogP contribution in [0.5, 0.6) is 5.75 Å². The van der Waals surface area contributed by atoms with Crippen molar-refractivity contribution < 1.29 is 28.9 Å². The molecule has 0 radical (unpaired) electrons. The monoisotopic (exact) mass is 480 g/mol. The number of carbonyl (C=O) groups excluding carboxylic acids is 2. The number of phenols is 1. The second-order valence-electron chi connectivity index (χ2n) is 11.0. The maximum absolute atomic E-state index is 12.2. The molecule has 6 heteroatoms. The molecule has 0 amide bonds. The number of benzene rings is 2. The lowest BCUT2D eigenvalue weighted by Gasteiger charge is -2.35. The van der Waals surface area contributed by atoms with E-state index >= 15 is 0 Å². The van der Waals surface area contributed by atoms with Gasteiger partial charge in [-0.3, -0.25) is 9.59 Å². The van der Waals surface area contributed by atoms with Gasteiger partial charge < -0.3 is 19.3 Å². The number of ether oxygens (including phenoxy) is 3. The van der Waals surface area contributed by atoms with Crippen LogP contribution in [0.4, 0.5) is 0 Å². The molecule has 188 valence electrons. The third-order valence-electron chi connectivity index (χ3n) is 6.15. The topological polar surface area (TPSA) is 82.1 Å². The molecule has 0 saturated heterocycles. The minimum absolute atomic E-state index is 0.241. The maximum atomic E-state index is 12.2. The smallest absolute Gasteiger partial charge is 0.303 e. The third-order valence-corrected chi connectivity index (χ3v) is 6.15. The van der Waals surface area contributed by atoms with Gasteiger partial charge >= 0.3 is 11.9 Å². The van der Waals surface area contributed by atoms with Crippen LogP contribution >= 0.6 is 0 Å². The number of rotatable bonds is 4. The highest BCUT2D eigenvalue weighted by Crippen LogP contribution is 2.50. The van der Waals surface area contributed by atoms with Gasteiger partial charge in [-0.15, -0.1) is 0 Å². The first-order valence-corrected chi connectivity index (χ1v) is 11.8. The van der Waals surface area contributed by atoms with Crippen molar-refractivity contribution in [1.82, 2.24) is 0 Å². The van der Waals surface area contributed by atoms with E-state index in [1.54, 1.807) is 0 Å². The zero-order chi connectivity index (χ0) is 26.3. The Morgan fingerprint density at radius 3 is 1.63 bits per heavy atom. The Morgan fingerprint density at radius 2 is 1.23 bits per heavy atom. The van der Waals surface area contributed by atoms with E-state index in [1.807, 2.05) is 77.9 Å². The minimum atomic E-state index is -0.805. The van der Waals surface area contributed by atoms with Crippen molar-refractivity contribution in [3.05, 3.63) is 70.0 Å². The van der Waals surface area contributed by atoms with Gasteiger partial charge in [0.15, 0.2) is 12.2 Å². The number of hydrogen-bond acceptors (Lipinski definition) is 6. The summed E-state index contributed by atoms with van der Waals surface area (Å²) in [7, 11) is 1.51. The number of methoxy groups -OCH3 is 1. The number of aromatic hydroxyl groups is 1. The number of carbonyl (C=O) groups is 2. The average molecular weight is 481 g/mol. The Morgan fingerprint density at radius 1 is 0.800 bits per heavy atom. The third kappa shape index (κ3) is 5.21. The lowest BCUT2D eigenvalue weighted by atomic mass is 9.75. The molecule has 0 bridgehead atoms. The van der Waals surface area contributed by atoms with Crippen molar-refractivity contribution in [2.45, 2.75) is 78.4 Å². The van der Waals surface area contributed by atoms with Crippen molar-refractivity contribution in [3.8, 4) is 5.75 Å². The van der Waals surface area contributed by atoms with E-state index in [9.17, 15) is 14.7 Å². The van der Waals surface area contributed by atoms with Gasteiger partial charge in [0.25, 0.3) is 0 Å². The highest BCUT2D eigenvalue weighted by Gasteiger charge is 2.40. The molecule has 2 aromatic rings. The van der Waals surface area contributed by atoms with Gasteiger partial charge in [0, 0.05) is 41.7 Å². The van der Waals surface area contributed by atoms with Crippen LogP contribution < -0.4 is 0 Å². The predicted octanol–water partition coefficient (Wildman–Crippen LogP) is 6.27. The van der Waals surface area contributed by atoms with E-state index in [2.05, 4.69) is 0 Å². The van der Waals surface area contributed by atoms with Crippen molar-refractivity contribution in [2.75, 3.05) is 7.11 Å². The average Bonchev–Trinajstić information content (AvgIpc) is 2.73. The SMILES string of the molecule is COC1=C(c2cc(C(C)(C)C)c(O)c(C(C)(C)C)c2)C(OC(C)=O)c2ccccc2C1OC(C)=O. The Kier molecular flexibility index (Phi) is 7.07. The fraction of sp³-hybridized carbons (Fsp3) is 0.448. The standard InChI is InChI=1S/C29H36O6/c1-16(30)34-25-19-12-10-11-13-20(19)26(35-17(2)31)27(33-9)23(25)18-14-21(28(3,4)5)24(32)22(15-18)29(6,7)8/h10-15,25-26,32H,1-9H3. The van der Waals surface area contributed by atoms with Gasteiger partial charge in [-0.05, 0) is 28.5 Å². The molecule has 1 N–H and O–H groups in total. The van der Waals surface area contributed by atoms with Crippen molar-refractivity contribution in [1.29, 1.82) is 0 Å². The van der Waals surface area contributed by atoms with Gasteiger partial charge in [0.2, 0.25) is 0 Å². The fourth-order valence-electron chi connectivity index (χ4n) is 4.57. The number of fused-ring (bicyclic) bond motifs is 1. The molecule has 3 rings (SSSR count). The Balaban J connectivity index is 2.45. The second kappa shape index (κ2) is 9.40. The van der Waals surface area contributed by atoms with Gasteiger partial charge in [-0.2, -0.15) is 0 Å². The van der Waals surface area contributed by atoms with E-state index in [0.717, 1.165) is 16.7 Å². The van der Waals surface area contributed by atoms with Crippen LogP contribution in [0.3, 0.4) is 0 Å². The highest BCUT2D eigenvalue weighted by atomic mass is 16.6. The van der Waals surface area contributed by atoms with Crippen LogP contribution in [-0.2, 0) is 34.6 Å². The van der Waals surface area contributed by atoms with Crippen molar-refractivity contribution in [3.63, 3.8) is 0 Å². The molecule has 0 fully saturated rings. The van der Waals surface area contributed by atoms with Crippen LogP contribution in [0.25, 0.3) is 5.57 Å². The zero-order valence-corrected chi connectivity index (χ0v) is 22.1. The van der Waals surface area contributed by atoms with E-state index in [0.29, 0.717) is 22.5 Å². The largest absolute Gasteiger partial charge is 0.507 e. The molecule has 0 heterocycles. The molecule has 0 saturated carbocycles. The zero-order valence-electron chi connectivity index (χ0n) is 22.1. The Bertz CT molecular complexity index is 1140. The van der Waals surface area contributed by atoms with Gasteiger partial charge in [-0.1, -0.05) is 65.8 Å². The maximum Gasteiger partial charge on any atom is 0.303 e. The van der Waals surface area contributed by atoms with Gasteiger partial charge in [0.1, 0.15) is 11.5 Å². The Hall–Kier alpha value is -3.28. The number of esters is 2. The van der Waals surface area contributed by atoms with E-state index in [4.69, 9.17) is 14.2 Å². The lowest BCUT2D eigenvalue weighted by molar-refractivity contribution is -0.148. The van der Waals surface area contributed by atoms with Gasteiger partial charge in [-0.25, -0.2) is 0 Å². The number of phenolic OH excluding ortho intramolecular Hbond substituents is 1. The lowest BCUT2D eigenvalue weighted by Crippen LogP contribution is -2.26. The summed E-state index contributed by atoms with van der Waals surface area (Å²) in [4.78, 5) is 24.3. The summed E-state index contributed by atoms with van der Waals surface area (Å²) in [6.07, 6.45) is -1.59. The van der Waals surface area contributed by atoms with Crippen LogP contribution in [0.2, 0.25) is 0 Å². The van der Waals surface area contributed by atoms with E-state index in [1.165, 1.54) is 21.0 Å². The summed E-state index contributed by atoms with van der Waals surface area (Å²) in [5.41, 5.74) is 3.50. The molecule has 0 spiro atoms. The van der Waals surface area contributed by atoms with Crippen molar-refractivity contribution >= 4 is 17.5 Å². The molecule has 2 unspecified atom stereocenters. The molecule has 35 heavy (non-hydrogen) atoms. The fourth-order valence-corrected chi connectivity index (χ4v) is 4.57. The molecule has 0 aromatic heterocycles. The minimum Gasteiger partial charge on any atom is -0.507 e.